The van der Waals surface area contributed by atoms with Crippen LogP contribution >= 0.6 is 0 Å². The molecule has 2 fully saturated rings. The highest BCUT2D eigenvalue weighted by molar-refractivity contribution is 4.85. The van der Waals surface area contributed by atoms with Crippen LogP contribution in [0.3, 0.4) is 0 Å². The number of ether oxygens (including phenoxy) is 1. The molecule has 0 spiro atoms. The Kier molecular flexibility index (Phi) is 2.61. The molecule has 13 heavy (non-hydrogen) atoms. The van der Waals surface area contributed by atoms with E-state index >= 15 is 0 Å². The summed E-state index contributed by atoms with van der Waals surface area (Å²) in [6.07, 6.45) is 1.95. The zero-order valence-corrected chi connectivity index (χ0v) is 8.99. The molecule has 2 heteroatoms. The largest absolute Gasteiger partial charge is 0.372 e. The number of hydrogen-bond acceptors (Lipinski definition) is 2. The standard InChI is InChI=1S/C11H21NO/c1-8-4-9(2)10(3)12(5-8)6-11-7-13-11/h8-11H,4-7H2,1-3H3. The van der Waals surface area contributed by atoms with Gasteiger partial charge >= 0.3 is 0 Å². The summed E-state index contributed by atoms with van der Waals surface area (Å²) in [7, 11) is 0. The molecule has 0 saturated carbocycles. The van der Waals surface area contributed by atoms with Gasteiger partial charge in [-0.05, 0) is 25.2 Å². The van der Waals surface area contributed by atoms with Crippen LogP contribution in [0.4, 0.5) is 0 Å². The van der Waals surface area contributed by atoms with Gasteiger partial charge in [-0.1, -0.05) is 13.8 Å². The quantitative estimate of drug-likeness (QED) is 0.606. The second-order valence-corrected chi connectivity index (χ2v) is 4.97. The Bertz CT molecular complexity index is 177. The second-order valence-electron chi connectivity index (χ2n) is 4.97. The van der Waals surface area contributed by atoms with Crippen LogP contribution in [0.15, 0.2) is 0 Å². The maximum atomic E-state index is 5.29. The molecule has 2 aliphatic heterocycles. The summed E-state index contributed by atoms with van der Waals surface area (Å²) >= 11 is 0. The zero-order valence-electron chi connectivity index (χ0n) is 8.99. The van der Waals surface area contributed by atoms with E-state index in [1.165, 1.54) is 13.0 Å². The van der Waals surface area contributed by atoms with E-state index in [0.29, 0.717) is 6.10 Å². The molecule has 4 unspecified atom stereocenters. The second kappa shape index (κ2) is 3.58. The third-order valence-corrected chi connectivity index (χ3v) is 3.56. The average Bonchev–Trinajstić information content (AvgIpc) is 2.83. The Morgan fingerprint density at radius 1 is 1.31 bits per heavy atom. The molecule has 0 amide bonds. The molecule has 0 radical (unpaired) electrons. The van der Waals surface area contributed by atoms with Crippen molar-refractivity contribution in [2.45, 2.75) is 39.3 Å². The van der Waals surface area contributed by atoms with Crippen LogP contribution in [-0.4, -0.2) is 36.7 Å². The van der Waals surface area contributed by atoms with Crippen LogP contribution < -0.4 is 0 Å². The van der Waals surface area contributed by atoms with Gasteiger partial charge in [-0.15, -0.1) is 0 Å². The fraction of sp³-hybridized carbons (Fsp3) is 1.00. The van der Waals surface area contributed by atoms with E-state index in [1.54, 1.807) is 0 Å². The predicted molar refractivity (Wildman–Crippen MR) is 53.7 cm³/mol. The van der Waals surface area contributed by atoms with E-state index in [-0.39, 0.29) is 0 Å². The molecule has 2 aliphatic rings. The SMILES string of the molecule is CC1CC(C)C(C)N(CC2CO2)C1. The molecule has 0 aromatic heterocycles. The Morgan fingerprint density at radius 3 is 2.62 bits per heavy atom. The topological polar surface area (TPSA) is 15.8 Å². The van der Waals surface area contributed by atoms with Gasteiger partial charge in [0.15, 0.2) is 0 Å². The van der Waals surface area contributed by atoms with Gasteiger partial charge in [-0.3, -0.25) is 4.90 Å². The lowest BCUT2D eigenvalue weighted by Crippen LogP contribution is -2.47. The molecular formula is C11H21NO. The first-order chi connectivity index (χ1) is 6.16. The number of rotatable bonds is 2. The van der Waals surface area contributed by atoms with Gasteiger partial charge in [0.05, 0.1) is 12.7 Å². The van der Waals surface area contributed by atoms with Crippen LogP contribution in [0.2, 0.25) is 0 Å². The molecular weight excluding hydrogens is 162 g/mol. The molecule has 2 heterocycles. The van der Waals surface area contributed by atoms with Crippen molar-refractivity contribution < 1.29 is 4.74 Å². The van der Waals surface area contributed by atoms with Gasteiger partial charge < -0.3 is 4.74 Å². The van der Waals surface area contributed by atoms with Crippen molar-refractivity contribution in [3.63, 3.8) is 0 Å². The van der Waals surface area contributed by atoms with Crippen molar-refractivity contribution >= 4 is 0 Å². The summed E-state index contributed by atoms with van der Waals surface area (Å²) in [5.41, 5.74) is 0. The van der Waals surface area contributed by atoms with Gasteiger partial charge in [0.1, 0.15) is 0 Å². The smallest absolute Gasteiger partial charge is 0.0936 e. The lowest BCUT2D eigenvalue weighted by Gasteiger charge is -2.40. The van der Waals surface area contributed by atoms with Crippen LogP contribution in [0.5, 0.6) is 0 Å². The fourth-order valence-electron chi connectivity index (χ4n) is 2.51. The summed E-state index contributed by atoms with van der Waals surface area (Å²) < 4.78 is 5.29. The molecule has 4 atom stereocenters. The molecule has 0 bridgehead atoms. The molecule has 2 rings (SSSR count). The summed E-state index contributed by atoms with van der Waals surface area (Å²) in [5.74, 6) is 1.72. The Morgan fingerprint density at radius 2 is 2.00 bits per heavy atom. The molecule has 2 nitrogen and oxygen atoms in total. The van der Waals surface area contributed by atoms with Crippen molar-refractivity contribution in [2.24, 2.45) is 11.8 Å². The predicted octanol–water partition coefficient (Wildman–Crippen LogP) is 1.75. The molecule has 0 aliphatic carbocycles. The van der Waals surface area contributed by atoms with E-state index < -0.39 is 0 Å². The lowest BCUT2D eigenvalue weighted by molar-refractivity contribution is 0.0730. The monoisotopic (exact) mass is 183 g/mol. The summed E-state index contributed by atoms with van der Waals surface area (Å²) in [6.45, 7) is 10.5. The zero-order chi connectivity index (χ0) is 9.42. The van der Waals surface area contributed by atoms with Crippen LogP contribution in [0.1, 0.15) is 27.2 Å². The van der Waals surface area contributed by atoms with E-state index in [0.717, 1.165) is 31.0 Å². The van der Waals surface area contributed by atoms with E-state index in [1.807, 2.05) is 0 Å². The van der Waals surface area contributed by atoms with Gasteiger partial charge in [0.25, 0.3) is 0 Å². The Hall–Kier alpha value is -0.0800. The molecule has 2 saturated heterocycles. The van der Waals surface area contributed by atoms with E-state index in [4.69, 9.17) is 4.74 Å². The van der Waals surface area contributed by atoms with Crippen molar-refractivity contribution in [3.8, 4) is 0 Å². The molecule has 0 aromatic carbocycles. The van der Waals surface area contributed by atoms with Gasteiger partial charge in [-0.2, -0.15) is 0 Å². The minimum atomic E-state index is 0.556. The lowest BCUT2D eigenvalue weighted by atomic mass is 9.86. The Balaban J connectivity index is 1.90. The van der Waals surface area contributed by atoms with Crippen molar-refractivity contribution in [3.05, 3.63) is 0 Å². The van der Waals surface area contributed by atoms with Crippen LogP contribution in [0.25, 0.3) is 0 Å². The van der Waals surface area contributed by atoms with Crippen LogP contribution in [-0.2, 0) is 4.74 Å². The minimum absolute atomic E-state index is 0.556. The molecule has 0 N–H and O–H groups in total. The maximum Gasteiger partial charge on any atom is 0.0936 e. The normalized spacial score (nSPS) is 46.4. The van der Waals surface area contributed by atoms with Crippen molar-refractivity contribution in [2.75, 3.05) is 19.7 Å². The number of nitrogens with zero attached hydrogens (tertiary/aromatic N) is 1. The average molecular weight is 183 g/mol. The Labute approximate surface area is 81.3 Å². The van der Waals surface area contributed by atoms with Crippen LogP contribution in [0, 0.1) is 11.8 Å². The summed E-state index contributed by atoms with van der Waals surface area (Å²) in [6, 6.07) is 0.750. The first kappa shape index (κ1) is 9.47. The highest BCUT2D eigenvalue weighted by Crippen LogP contribution is 2.28. The fourth-order valence-corrected chi connectivity index (χ4v) is 2.51. The highest BCUT2D eigenvalue weighted by atomic mass is 16.6. The molecule has 76 valence electrons. The first-order valence-corrected chi connectivity index (χ1v) is 5.52. The third kappa shape index (κ3) is 2.23. The van der Waals surface area contributed by atoms with E-state index in [9.17, 15) is 0 Å². The maximum absolute atomic E-state index is 5.29. The molecule has 0 aromatic rings. The van der Waals surface area contributed by atoms with Crippen molar-refractivity contribution in [1.29, 1.82) is 0 Å². The summed E-state index contributed by atoms with van der Waals surface area (Å²) in [4.78, 5) is 2.61. The van der Waals surface area contributed by atoms with E-state index in [2.05, 4.69) is 25.7 Å². The third-order valence-electron chi connectivity index (χ3n) is 3.56. The van der Waals surface area contributed by atoms with Crippen molar-refractivity contribution in [1.82, 2.24) is 4.90 Å². The first-order valence-electron chi connectivity index (χ1n) is 5.52. The van der Waals surface area contributed by atoms with Gasteiger partial charge in [-0.25, -0.2) is 0 Å². The van der Waals surface area contributed by atoms with Gasteiger partial charge in [0, 0.05) is 19.1 Å². The highest BCUT2D eigenvalue weighted by Gasteiger charge is 2.33. The number of likely N-dealkylation sites (tertiary alicyclic amines) is 1. The minimum Gasteiger partial charge on any atom is -0.372 e. The van der Waals surface area contributed by atoms with Gasteiger partial charge in [0.2, 0.25) is 0 Å². The summed E-state index contributed by atoms with van der Waals surface area (Å²) in [5, 5.41) is 0. The number of epoxide rings is 1. The number of piperidine rings is 1. The number of hydrogen-bond donors (Lipinski definition) is 0.